The number of nitrogens with zero attached hydrogens (tertiary/aromatic N) is 1. The number of nitriles is 1. The largest absolute Gasteiger partial charge is 0.390 e. The molecule has 0 heterocycles. The maximum Gasteiger partial charge on any atom is 0.287 e. The van der Waals surface area contributed by atoms with E-state index in [1.54, 1.807) is 36.4 Å². The van der Waals surface area contributed by atoms with E-state index in [2.05, 4.69) is 0 Å². The van der Waals surface area contributed by atoms with E-state index in [4.69, 9.17) is 10.4 Å². The SMILES string of the molecule is N#CC(Cc1ccccc1)C(=O)NCC(F)(F)CO. The Kier molecular flexibility index (Phi) is 5.39. The standard InChI is InChI=1S/C13H14F2N2O2/c14-13(15,9-18)8-17-12(19)11(7-16)6-10-4-2-1-3-5-10/h1-5,11,18H,6,8-9H2,(H,17,19). The van der Waals surface area contributed by atoms with Gasteiger partial charge in [0.2, 0.25) is 5.91 Å². The van der Waals surface area contributed by atoms with E-state index in [0.717, 1.165) is 5.56 Å². The first-order chi connectivity index (χ1) is 8.98. The second kappa shape index (κ2) is 6.81. The number of nitrogens with one attached hydrogen (secondary N) is 1. The summed E-state index contributed by atoms with van der Waals surface area (Å²) in [5, 5.41) is 19.2. The van der Waals surface area contributed by atoms with Crippen LogP contribution in [0.25, 0.3) is 0 Å². The van der Waals surface area contributed by atoms with E-state index in [0.29, 0.717) is 0 Å². The van der Waals surface area contributed by atoms with E-state index in [1.807, 2.05) is 5.32 Å². The lowest BCUT2D eigenvalue weighted by Gasteiger charge is -2.15. The zero-order valence-electron chi connectivity index (χ0n) is 10.1. The summed E-state index contributed by atoms with van der Waals surface area (Å²) >= 11 is 0. The molecule has 1 unspecified atom stereocenters. The van der Waals surface area contributed by atoms with Crippen molar-refractivity contribution >= 4 is 5.91 Å². The molecule has 0 saturated carbocycles. The second-order valence-corrected chi connectivity index (χ2v) is 4.10. The summed E-state index contributed by atoms with van der Waals surface area (Å²) in [5.74, 6) is -5.17. The first-order valence-corrected chi connectivity index (χ1v) is 5.68. The zero-order valence-corrected chi connectivity index (χ0v) is 10.1. The van der Waals surface area contributed by atoms with Gasteiger partial charge in [0.1, 0.15) is 12.5 Å². The van der Waals surface area contributed by atoms with Crippen LogP contribution in [0, 0.1) is 17.2 Å². The molecule has 2 N–H and O–H groups in total. The molecule has 0 saturated heterocycles. The zero-order chi connectivity index (χ0) is 14.3. The fourth-order valence-electron chi connectivity index (χ4n) is 1.44. The summed E-state index contributed by atoms with van der Waals surface area (Å²) in [7, 11) is 0. The van der Waals surface area contributed by atoms with Crippen LogP contribution in [0.5, 0.6) is 0 Å². The predicted molar refractivity (Wildman–Crippen MR) is 64.3 cm³/mol. The number of carbonyl (C=O) groups excluding carboxylic acids is 1. The number of amides is 1. The van der Waals surface area contributed by atoms with Crippen molar-refractivity contribution in [2.24, 2.45) is 5.92 Å². The number of hydrogen-bond acceptors (Lipinski definition) is 3. The van der Waals surface area contributed by atoms with Crippen LogP contribution in [-0.2, 0) is 11.2 Å². The van der Waals surface area contributed by atoms with Crippen molar-refractivity contribution in [3.8, 4) is 6.07 Å². The lowest BCUT2D eigenvalue weighted by molar-refractivity contribution is -0.126. The van der Waals surface area contributed by atoms with Gasteiger partial charge in [-0.25, -0.2) is 8.78 Å². The molecule has 0 aliphatic carbocycles. The fraction of sp³-hybridized carbons (Fsp3) is 0.385. The molecule has 0 aromatic heterocycles. The molecule has 1 rings (SSSR count). The van der Waals surface area contributed by atoms with Crippen LogP contribution >= 0.6 is 0 Å². The number of aliphatic hydroxyl groups is 1. The van der Waals surface area contributed by atoms with Gasteiger partial charge in [0, 0.05) is 0 Å². The van der Waals surface area contributed by atoms with Crippen molar-refractivity contribution in [2.75, 3.05) is 13.2 Å². The highest BCUT2D eigenvalue weighted by Gasteiger charge is 2.29. The van der Waals surface area contributed by atoms with Crippen LogP contribution in [0.3, 0.4) is 0 Å². The molecule has 0 radical (unpaired) electrons. The maximum atomic E-state index is 12.8. The Labute approximate surface area is 109 Å². The number of halogens is 2. The minimum absolute atomic E-state index is 0.161. The Morgan fingerprint density at radius 3 is 2.58 bits per heavy atom. The van der Waals surface area contributed by atoms with Crippen molar-refractivity contribution in [1.29, 1.82) is 5.26 Å². The molecule has 0 fully saturated rings. The molecule has 0 aliphatic heterocycles. The molecular formula is C13H14F2N2O2. The number of hydrogen-bond donors (Lipinski definition) is 2. The van der Waals surface area contributed by atoms with Gasteiger partial charge in [0.15, 0.2) is 0 Å². The molecule has 0 aliphatic rings. The van der Waals surface area contributed by atoms with Gasteiger partial charge < -0.3 is 10.4 Å². The van der Waals surface area contributed by atoms with Gasteiger partial charge in [-0.05, 0) is 12.0 Å². The molecule has 1 aromatic carbocycles. The maximum absolute atomic E-state index is 12.8. The highest BCUT2D eigenvalue weighted by atomic mass is 19.3. The summed E-state index contributed by atoms with van der Waals surface area (Å²) in [6.45, 7) is -2.32. The van der Waals surface area contributed by atoms with Crippen LogP contribution in [0.1, 0.15) is 5.56 Å². The second-order valence-electron chi connectivity index (χ2n) is 4.10. The summed E-state index contributed by atoms with van der Waals surface area (Å²) in [5.41, 5.74) is 0.776. The monoisotopic (exact) mass is 268 g/mol. The number of aliphatic hydroxyl groups excluding tert-OH is 1. The van der Waals surface area contributed by atoms with E-state index < -0.39 is 30.9 Å². The van der Waals surface area contributed by atoms with E-state index in [-0.39, 0.29) is 6.42 Å². The lowest BCUT2D eigenvalue weighted by atomic mass is 10.00. The van der Waals surface area contributed by atoms with Crippen LogP contribution in [0.2, 0.25) is 0 Å². The average Bonchev–Trinajstić information content (AvgIpc) is 2.43. The number of carbonyl (C=O) groups is 1. The van der Waals surface area contributed by atoms with Crippen molar-refractivity contribution in [3.63, 3.8) is 0 Å². The molecule has 0 spiro atoms. The Bertz CT molecular complexity index is 457. The van der Waals surface area contributed by atoms with Gasteiger partial charge in [-0.2, -0.15) is 5.26 Å². The Morgan fingerprint density at radius 1 is 1.42 bits per heavy atom. The minimum Gasteiger partial charge on any atom is -0.390 e. The molecule has 1 aromatic rings. The third-order valence-electron chi connectivity index (χ3n) is 2.51. The number of alkyl halides is 2. The number of rotatable bonds is 6. The van der Waals surface area contributed by atoms with Crippen molar-refractivity contribution in [1.82, 2.24) is 5.32 Å². The topological polar surface area (TPSA) is 73.1 Å². The molecule has 19 heavy (non-hydrogen) atoms. The van der Waals surface area contributed by atoms with E-state index in [1.165, 1.54) is 0 Å². The summed E-state index contributed by atoms with van der Waals surface area (Å²) in [6.07, 6.45) is 0.161. The summed E-state index contributed by atoms with van der Waals surface area (Å²) in [6, 6.07) is 10.6. The van der Waals surface area contributed by atoms with E-state index in [9.17, 15) is 13.6 Å². The van der Waals surface area contributed by atoms with Crippen LogP contribution < -0.4 is 5.32 Å². The van der Waals surface area contributed by atoms with Gasteiger partial charge >= 0.3 is 0 Å². The molecule has 6 heteroatoms. The Balaban J connectivity index is 2.56. The predicted octanol–water partition coefficient (Wildman–Crippen LogP) is 1.11. The normalized spacial score (nSPS) is 12.5. The molecular weight excluding hydrogens is 254 g/mol. The Hall–Kier alpha value is -2.00. The van der Waals surface area contributed by atoms with Gasteiger partial charge in [-0.3, -0.25) is 4.79 Å². The summed E-state index contributed by atoms with van der Waals surface area (Å²) in [4.78, 5) is 11.6. The van der Waals surface area contributed by atoms with Gasteiger partial charge in [-0.1, -0.05) is 30.3 Å². The lowest BCUT2D eigenvalue weighted by Crippen LogP contribution is -2.41. The van der Waals surface area contributed by atoms with Crippen LogP contribution in [0.15, 0.2) is 30.3 Å². The van der Waals surface area contributed by atoms with Gasteiger partial charge in [0.25, 0.3) is 5.92 Å². The highest BCUT2D eigenvalue weighted by molar-refractivity contribution is 5.81. The highest BCUT2D eigenvalue weighted by Crippen LogP contribution is 2.12. The molecule has 1 amide bonds. The minimum atomic E-state index is -3.37. The van der Waals surface area contributed by atoms with Crippen molar-refractivity contribution in [3.05, 3.63) is 35.9 Å². The smallest absolute Gasteiger partial charge is 0.287 e. The Morgan fingerprint density at radius 2 is 2.05 bits per heavy atom. The van der Waals surface area contributed by atoms with Gasteiger partial charge in [0.05, 0.1) is 12.6 Å². The molecule has 102 valence electrons. The van der Waals surface area contributed by atoms with Gasteiger partial charge in [-0.15, -0.1) is 0 Å². The third kappa shape index (κ3) is 5.02. The quantitative estimate of drug-likeness (QED) is 0.811. The number of benzene rings is 1. The first kappa shape index (κ1) is 15.1. The molecule has 1 atom stereocenters. The average molecular weight is 268 g/mol. The first-order valence-electron chi connectivity index (χ1n) is 5.68. The van der Waals surface area contributed by atoms with Crippen molar-refractivity contribution in [2.45, 2.75) is 12.3 Å². The fourth-order valence-corrected chi connectivity index (χ4v) is 1.44. The molecule has 0 bridgehead atoms. The van der Waals surface area contributed by atoms with Crippen LogP contribution in [0.4, 0.5) is 8.78 Å². The van der Waals surface area contributed by atoms with Crippen LogP contribution in [-0.4, -0.2) is 30.1 Å². The third-order valence-corrected chi connectivity index (χ3v) is 2.51. The molecule has 4 nitrogen and oxygen atoms in total. The summed E-state index contributed by atoms with van der Waals surface area (Å²) < 4.78 is 25.5. The van der Waals surface area contributed by atoms with Crippen molar-refractivity contribution < 1.29 is 18.7 Å². The van der Waals surface area contributed by atoms with E-state index >= 15 is 0 Å².